The summed E-state index contributed by atoms with van der Waals surface area (Å²) in [5, 5.41) is 0. The van der Waals surface area contributed by atoms with Crippen LogP contribution in [0.1, 0.15) is 18.4 Å². The van der Waals surface area contributed by atoms with Crippen molar-refractivity contribution < 1.29 is 27.4 Å². The zero-order valence-corrected chi connectivity index (χ0v) is 16.0. The molecule has 0 saturated heterocycles. The lowest BCUT2D eigenvalue weighted by Gasteiger charge is -2.23. The number of nitrogens with one attached hydrogen (secondary N) is 1. The summed E-state index contributed by atoms with van der Waals surface area (Å²) in [6.07, 6.45) is 1.41. The maximum atomic E-state index is 13.1. The second-order valence-corrected chi connectivity index (χ2v) is 8.21. The van der Waals surface area contributed by atoms with E-state index >= 15 is 0 Å². The molecule has 0 radical (unpaired) electrons. The highest BCUT2D eigenvalue weighted by Crippen LogP contribution is 2.49. The predicted octanol–water partition coefficient (Wildman–Crippen LogP) is 2.44. The van der Waals surface area contributed by atoms with E-state index in [4.69, 9.17) is 18.9 Å². The van der Waals surface area contributed by atoms with E-state index in [1.165, 1.54) is 20.3 Å². The Labute approximate surface area is 158 Å². The fraction of sp³-hybridized carbons (Fsp3) is 0.368. The van der Waals surface area contributed by atoms with Crippen LogP contribution >= 0.6 is 0 Å². The lowest BCUT2D eigenvalue weighted by atomic mass is 10.1. The number of rotatable bonds is 6. The van der Waals surface area contributed by atoms with Gasteiger partial charge in [0.25, 0.3) is 0 Å². The molecule has 0 bridgehead atoms. The number of ether oxygens (including phenoxy) is 4. The van der Waals surface area contributed by atoms with Crippen LogP contribution < -0.4 is 23.7 Å². The molecule has 1 saturated carbocycles. The van der Waals surface area contributed by atoms with E-state index < -0.39 is 15.6 Å². The summed E-state index contributed by atoms with van der Waals surface area (Å²) < 4.78 is 50.6. The maximum absolute atomic E-state index is 13.1. The zero-order valence-electron chi connectivity index (χ0n) is 15.2. The van der Waals surface area contributed by atoms with Crippen LogP contribution in [-0.4, -0.2) is 35.9 Å². The van der Waals surface area contributed by atoms with E-state index in [0.717, 1.165) is 5.56 Å². The largest absolute Gasteiger partial charge is 0.497 e. The molecule has 1 fully saturated rings. The molecule has 1 heterocycles. The number of hydrogen-bond donors (Lipinski definition) is 1. The Balaban J connectivity index is 1.67. The zero-order chi connectivity index (χ0) is 19.1. The maximum Gasteiger partial charge on any atom is 0.245 e. The molecule has 4 rings (SSSR count). The highest BCUT2D eigenvalue weighted by atomic mass is 32.2. The molecule has 144 valence electrons. The number of benzene rings is 2. The van der Waals surface area contributed by atoms with Crippen LogP contribution in [0.2, 0.25) is 0 Å². The molecule has 0 atom stereocenters. The number of fused-ring (bicyclic) bond motifs is 1. The fourth-order valence-corrected chi connectivity index (χ4v) is 4.86. The van der Waals surface area contributed by atoms with Gasteiger partial charge in [-0.05, 0) is 42.7 Å². The first-order valence-corrected chi connectivity index (χ1v) is 10.1. The minimum absolute atomic E-state index is 0.0492. The van der Waals surface area contributed by atoms with Gasteiger partial charge in [-0.1, -0.05) is 6.07 Å². The first-order chi connectivity index (χ1) is 13.0. The minimum atomic E-state index is -3.83. The Bertz CT molecular complexity index is 968. The highest BCUT2D eigenvalue weighted by Gasteiger charge is 2.48. The van der Waals surface area contributed by atoms with E-state index in [2.05, 4.69) is 4.72 Å². The van der Waals surface area contributed by atoms with E-state index in [1.807, 2.05) is 18.2 Å². The summed E-state index contributed by atoms with van der Waals surface area (Å²) in [6, 6.07) is 10.3. The van der Waals surface area contributed by atoms with Crippen molar-refractivity contribution in [1.82, 2.24) is 4.72 Å². The summed E-state index contributed by atoms with van der Waals surface area (Å²) in [6.45, 7) is 0.996. The average Bonchev–Trinajstić information content (AvgIpc) is 3.47. The quantitative estimate of drug-likeness (QED) is 0.814. The molecule has 2 aliphatic rings. The van der Waals surface area contributed by atoms with Crippen LogP contribution in [0.15, 0.2) is 41.3 Å². The van der Waals surface area contributed by atoms with Crippen molar-refractivity contribution in [3.05, 3.63) is 42.0 Å². The number of hydrogen-bond acceptors (Lipinski definition) is 6. The third-order valence-electron chi connectivity index (χ3n) is 4.83. The molecule has 27 heavy (non-hydrogen) atoms. The summed E-state index contributed by atoms with van der Waals surface area (Å²) >= 11 is 0. The van der Waals surface area contributed by atoms with Crippen molar-refractivity contribution >= 4 is 10.0 Å². The first-order valence-electron chi connectivity index (χ1n) is 8.64. The monoisotopic (exact) mass is 391 g/mol. The van der Waals surface area contributed by atoms with Crippen LogP contribution in [0.5, 0.6) is 23.0 Å². The second kappa shape index (κ2) is 6.61. The lowest BCUT2D eigenvalue weighted by Crippen LogP contribution is -2.35. The molecule has 1 aliphatic carbocycles. The van der Waals surface area contributed by atoms with E-state index in [0.29, 0.717) is 43.3 Å². The topological polar surface area (TPSA) is 83.1 Å². The molecular weight excluding hydrogens is 370 g/mol. The summed E-state index contributed by atoms with van der Waals surface area (Å²) in [7, 11) is -0.899. The van der Waals surface area contributed by atoms with Gasteiger partial charge in [0.15, 0.2) is 11.5 Å². The Morgan fingerprint density at radius 3 is 2.37 bits per heavy atom. The van der Waals surface area contributed by atoms with Gasteiger partial charge in [-0.2, -0.15) is 0 Å². The van der Waals surface area contributed by atoms with Gasteiger partial charge < -0.3 is 18.9 Å². The normalized spacial score (nSPS) is 17.3. The Morgan fingerprint density at radius 2 is 1.70 bits per heavy atom. The van der Waals surface area contributed by atoms with Gasteiger partial charge in [0, 0.05) is 6.07 Å². The van der Waals surface area contributed by atoms with Crippen LogP contribution in [0, 0.1) is 0 Å². The molecular formula is C19H21NO6S. The predicted molar refractivity (Wildman–Crippen MR) is 98.2 cm³/mol. The van der Waals surface area contributed by atoms with Crippen LogP contribution in [-0.2, 0) is 15.6 Å². The van der Waals surface area contributed by atoms with Crippen molar-refractivity contribution in [2.45, 2.75) is 23.3 Å². The lowest BCUT2D eigenvalue weighted by molar-refractivity contribution is 0.171. The summed E-state index contributed by atoms with van der Waals surface area (Å²) in [5.74, 6) is 2.03. The van der Waals surface area contributed by atoms with Crippen LogP contribution in [0.25, 0.3) is 0 Å². The van der Waals surface area contributed by atoms with E-state index in [1.54, 1.807) is 12.1 Å². The smallest absolute Gasteiger partial charge is 0.245 e. The molecule has 7 nitrogen and oxygen atoms in total. The Hall–Kier alpha value is -2.45. The summed E-state index contributed by atoms with van der Waals surface area (Å²) in [5.41, 5.74) is 0.208. The van der Waals surface area contributed by atoms with Crippen LogP contribution in [0.3, 0.4) is 0 Å². The molecule has 1 N–H and O–H groups in total. The molecule has 0 spiro atoms. The molecule has 1 aliphatic heterocycles. The van der Waals surface area contributed by atoms with Gasteiger partial charge in [0.05, 0.1) is 19.8 Å². The Morgan fingerprint density at radius 1 is 0.963 bits per heavy atom. The van der Waals surface area contributed by atoms with E-state index in [9.17, 15) is 8.42 Å². The van der Waals surface area contributed by atoms with Gasteiger partial charge >= 0.3 is 0 Å². The molecule has 0 amide bonds. The average molecular weight is 391 g/mol. The van der Waals surface area contributed by atoms with Crippen molar-refractivity contribution in [1.29, 1.82) is 0 Å². The summed E-state index contributed by atoms with van der Waals surface area (Å²) in [4.78, 5) is 0.0492. The van der Waals surface area contributed by atoms with Crippen molar-refractivity contribution in [3.8, 4) is 23.0 Å². The van der Waals surface area contributed by atoms with Gasteiger partial charge in [-0.25, -0.2) is 13.1 Å². The molecule has 0 unspecified atom stereocenters. The number of sulfonamides is 1. The highest BCUT2D eigenvalue weighted by molar-refractivity contribution is 7.89. The Kier molecular flexibility index (Phi) is 4.39. The second-order valence-electron chi connectivity index (χ2n) is 6.56. The molecule has 0 aromatic heterocycles. The third kappa shape index (κ3) is 3.30. The van der Waals surface area contributed by atoms with Gasteiger partial charge in [-0.3, -0.25) is 0 Å². The van der Waals surface area contributed by atoms with Crippen molar-refractivity contribution in [3.63, 3.8) is 0 Å². The third-order valence-corrected chi connectivity index (χ3v) is 6.39. The molecule has 2 aromatic rings. The van der Waals surface area contributed by atoms with Crippen molar-refractivity contribution in [2.24, 2.45) is 0 Å². The first kappa shape index (κ1) is 17.9. The molecule has 2 aromatic carbocycles. The fourth-order valence-electron chi connectivity index (χ4n) is 3.22. The van der Waals surface area contributed by atoms with Crippen LogP contribution in [0.4, 0.5) is 0 Å². The number of methoxy groups -OCH3 is 2. The SMILES string of the molecule is COc1ccc(OC)c(S(=O)(=O)NC2(c3ccc4c(c3)OCCO4)CC2)c1. The minimum Gasteiger partial charge on any atom is -0.497 e. The van der Waals surface area contributed by atoms with Gasteiger partial charge in [0.1, 0.15) is 29.6 Å². The molecule has 8 heteroatoms. The van der Waals surface area contributed by atoms with Crippen molar-refractivity contribution in [2.75, 3.05) is 27.4 Å². The standard InChI is InChI=1S/C19H21NO6S/c1-23-14-4-6-16(24-2)18(12-14)27(21,22)20-19(7-8-19)13-3-5-15-17(11-13)26-10-9-25-15/h3-6,11-12,20H,7-10H2,1-2H3. The van der Waals surface area contributed by atoms with E-state index in [-0.39, 0.29) is 10.6 Å². The van der Waals surface area contributed by atoms with Gasteiger partial charge in [-0.15, -0.1) is 0 Å². The van der Waals surface area contributed by atoms with Gasteiger partial charge in [0.2, 0.25) is 10.0 Å².